The molecular weight excluding hydrogens is 254 g/mol. The fourth-order valence-corrected chi connectivity index (χ4v) is 5.02. The molecule has 0 bridgehead atoms. The Balaban J connectivity index is 2.30. The van der Waals surface area contributed by atoms with Crippen molar-refractivity contribution < 1.29 is 8.42 Å². The van der Waals surface area contributed by atoms with Crippen LogP contribution in [0.3, 0.4) is 0 Å². The van der Waals surface area contributed by atoms with Gasteiger partial charge < -0.3 is 0 Å². The van der Waals surface area contributed by atoms with E-state index in [0.29, 0.717) is 16.6 Å². The van der Waals surface area contributed by atoms with Gasteiger partial charge in [0.1, 0.15) is 4.21 Å². The molecule has 1 unspecified atom stereocenters. The number of alkyl halides is 1. The predicted octanol–water partition coefficient (Wildman–Crippen LogP) is 2.14. The molecule has 3 nitrogen and oxygen atoms in total. The standard InChI is InChI=1S/C9H12ClNO2S2/c10-7-8-3-1-5-11(8)15(12,13)9-4-2-6-14-9/h2,4,6,8H,1,3,5,7H2. The van der Waals surface area contributed by atoms with E-state index in [1.165, 1.54) is 15.6 Å². The zero-order valence-electron chi connectivity index (χ0n) is 8.10. The number of thiophene rings is 1. The summed E-state index contributed by atoms with van der Waals surface area (Å²) in [6.07, 6.45) is 1.77. The van der Waals surface area contributed by atoms with E-state index in [-0.39, 0.29) is 6.04 Å². The average molecular weight is 266 g/mol. The summed E-state index contributed by atoms with van der Waals surface area (Å²) in [6, 6.07) is 3.37. The SMILES string of the molecule is O=S(=O)(c1cccs1)N1CCCC1CCl. The molecule has 0 aliphatic carbocycles. The third kappa shape index (κ3) is 2.06. The molecule has 0 saturated carbocycles. The lowest BCUT2D eigenvalue weighted by atomic mass is 10.3. The first-order chi connectivity index (χ1) is 7.16. The Morgan fingerprint density at radius 1 is 1.60 bits per heavy atom. The zero-order valence-corrected chi connectivity index (χ0v) is 10.5. The number of hydrogen-bond donors (Lipinski definition) is 0. The molecule has 0 amide bonds. The van der Waals surface area contributed by atoms with Crippen LogP contribution in [0.1, 0.15) is 12.8 Å². The maximum Gasteiger partial charge on any atom is 0.252 e. The second-order valence-corrected chi connectivity index (χ2v) is 6.87. The van der Waals surface area contributed by atoms with Crippen LogP contribution in [-0.4, -0.2) is 31.2 Å². The molecule has 15 heavy (non-hydrogen) atoms. The summed E-state index contributed by atoms with van der Waals surface area (Å²) in [7, 11) is -3.29. The quantitative estimate of drug-likeness (QED) is 0.786. The Hall–Kier alpha value is -0.100. The van der Waals surface area contributed by atoms with Crippen molar-refractivity contribution in [2.24, 2.45) is 0 Å². The second-order valence-electron chi connectivity index (χ2n) is 3.50. The van der Waals surface area contributed by atoms with Gasteiger partial charge in [0, 0.05) is 18.5 Å². The molecule has 1 aliphatic heterocycles. The summed E-state index contributed by atoms with van der Waals surface area (Å²) in [5.41, 5.74) is 0. The first kappa shape index (κ1) is 11.4. The minimum absolute atomic E-state index is 0.0289. The van der Waals surface area contributed by atoms with E-state index in [1.807, 2.05) is 0 Å². The lowest BCUT2D eigenvalue weighted by molar-refractivity contribution is 0.412. The highest BCUT2D eigenvalue weighted by molar-refractivity contribution is 7.91. The number of hydrogen-bond acceptors (Lipinski definition) is 3. The Labute approximate surface area is 98.7 Å². The van der Waals surface area contributed by atoms with Gasteiger partial charge in [-0.2, -0.15) is 4.31 Å². The fraction of sp³-hybridized carbons (Fsp3) is 0.556. The summed E-state index contributed by atoms with van der Waals surface area (Å²) in [4.78, 5) is 0. The summed E-state index contributed by atoms with van der Waals surface area (Å²) < 4.78 is 26.2. The Bertz CT molecular complexity index is 415. The second kappa shape index (κ2) is 4.41. The van der Waals surface area contributed by atoms with Crippen LogP contribution in [-0.2, 0) is 10.0 Å². The van der Waals surface area contributed by atoms with Crippen molar-refractivity contribution in [3.8, 4) is 0 Å². The Morgan fingerprint density at radius 2 is 2.40 bits per heavy atom. The summed E-state index contributed by atoms with van der Waals surface area (Å²) >= 11 is 7.02. The van der Waals surface area contributed by atoms with Crippen molar-refractivity contribution in [1.82, 2.24) is 4.31 Å². The summed E-state index contributed by atoms with van der Waals surface area (Å²) in [6.45, 7) is 0.595. The van der Waals surface area contributed by atoms with Gasteiger partial charge in [-0.05, 0) is 24.3 Å². The molecule has 1 aliphatic rings. The van der Waals surface area contributed by atoms with Crippen molar-refractivity contribution in [1.29, 1.82) is 0 Å². The van der Waals surface area contributed by atoms with E-state index >= 15 is 0 Å². The molecule has 2 rings (SSSR count). The van der Waals surface area contributed by atoms with E-state index < -0.39 is 10.0 Å². The van der Waals surface area contributed by atoms with Crippen LogP contribution in [0.2, 0.25) is 0 Å². The molecule has 6 heteroatoms. The number of sulfonamides is 1. The third-order valence-electron chi connectivity index (χ3n) is 2.56. The molecule has 0 spiro atoms. The van der Waals surface area contributed by atoms with E-state index in [4.69, 9.17) is 11.6 Å². The average Bonchev–Trinajstić information content (AvgIpc) is 2.89. The highest BCUT2D eigenvalue weighted by Gasteiger charge is 2.35. The van der Waals surface area contributed by atoms with Crippen LogP contribution >= 0.6 is 22.9 Å². The van der Waals surface area contributed by atoms with Crippen LogP contribution in [0.15, 0.2) is 21.7 Å². The normalized spacial score (nSPS) is 23.4. The van der Waals surface area contributed by atoms with Crippen molar-refractivity contribution in [3.05, 3.63) is 17.5 Å². The monoisotopic (exact) mass is 265 g/mol. The topological polar surface area (TPSA) is 37.4 Å². The molecule has 1 fully saturated rings. The van der Waals surface area contributed by atoms with Crippen molar-refractivity contribution in [3.63, 3.8) is 0 Å². The molecule has 0 radical (unpaired) electrons. The molecule has 1 aromatic heterocycles. The summed E-state index contributed by atoms with van der Waals surface area (Å²) in [5, 5.41) is 1.78. The summed E-state index contributed by atoms with van der Waals surface area (Å²) in [5.74, 6) is 0.380. The minimum Gasteiger partial charge on any atom is -0.206 e. The smallest absolute Gasteiger partial charge is 0.206 e. The third-order valence-corrected chi connectivity index (χ3v) is 6.24. The molecule has 0 aromatic carbocycles. The number of halogens is 1. The van der Waals surface area contributed by atoms with Crippen molar-refractivity contribution in [2.75, 3.05) is 12.4 Å². The number of nitrogens with zero attached hydrogens (tertiary/aromatic N) is 1. The maximum atomic E-state index is 12.1. The van der Waals surface area contributed by atoms with E-state index in [9.17, 15) is 8.42 Å². The predicted molar refractivity (Wildman–Crippen MR) is 62.0 cm³/mol. The van der Waals surface area contributed by atoms with Gasteiger partial charge in [0.05, 0.1) is 0 Å². The van der Waals surface area contributed by atoms with Crippen LogP contribution in [0, 0.1) is 0 Å². The van der Waals surface area contributed by atoms with E-state index in [1.54, 1.807) is 17.5 Å². The van der Waals surface area contributed by atoms with E-state index in [0.717, 1.165) is 12.8 Å². The Morgan fingerprint density at radius 3 is 3.00 bits per heavy atom. The molecule has 1 atom stereocenters. The van der Waals surface area contributed by atoms with Gasteiger partial charge in [0.2, 0.25) is 0 Å². The van der Waals surface area contributed by atoms with Crippen molar-refractivity contribution >= 4 is 33.0 Å². The van der Waals surface area contributed by atoms with Gasteiger partial charge in [-0.3, -0.25) is 0 Å². The lowest BCUT2D eigenvalue weighted by Gasteiger charge is -2.21. The van der Waals surface area contributed by atoms with Crippen LogP contribution < -0.4 is 0 Å². The fourth-order valence-electron chi connectivity index (χ4n) is 1.81. The highest BCUT2D eigenvalue weighted by Crippen LogP contribution is 2.28. The molecular formula is C9H12ClNO2S2. The number of rotatable bonds is 3. The molecule has 84 valence electrons. The maximum absolute atomic E-state index is 12.1. The van der Waals surface area contributed by atoms with Crippen LogP contribution in [0.5, 0.6) is 0 Å². The largest absolute Gasteiger partial charge is 0.252 e. The molecule has 2 heterocycles. The minimum atomic E-state index is -3.29. The first-order valence-electron chi connectivity index (χ1n) is 4.77. The van der Waals surface area contributed by atoms with E-state index in [2.05, 4.69) is 0 Å². The molecule has 0 N–H and O–H groups in total. The van der Waals surface area contributed by atoms with Crippen LogP contribution in [0.25, 0.3) is 0 Å². The zero-order chi connectivity index (χ0) is 10.9. The van der Waals surface area contributed by atoms with Crippen molar-refractivity contribution in [2.45, 2.75) is 23.1 Å². The lowest BCUT2D eigenvalue weighted by Crippen LogP contribution is -2.36. The van der Waals surface area contributed by atoms with Gasteiger partial charge in [-0.1, -0.05) is 6.07 Å². The molecule has 1 saturated heterocycles. The van der Waals surface area contributed by atoms with Crippen LogP contribution in [0.4, 0.5) is 0 Å². The van der Waals surface area contributed by atoms with Gasteiger partial charge >= 0.3 is 0 Å². The first-order valence-corrected chi connectivity index (χ1v) is 7.63. The Kier molecular flexibility index (Phi) is 3.35. The highest BCUT2D eigenvalue weighted by atomic mass is 35.5. The van der Waals surface area contributed by atoms with Gasteiger partial charge in [-0.25, -0.2) is 8.42 Å². The van der Waals surface area contributed by atoms with Gasteiger partial charge in [-0.15, -0.1) is 22.9 Å². The van der Waals surface area contributed by atoms with Gasteiger partial charge in [0.25, 0.3) is 10.0 Å². The molecule has 1 aromatic rings. The van der Waals surface area contributed by atoms with Gasteiger partial charge in [0.15, 0.2) is 0 Å².